The van der Waals surface area contributed by atoms with Gasteiger partial charge in [0.25, 0.3) is 0 Å². The van der Waals surface area contributed by atoms with Crippen molar-refractivity contribution in [3.05, 3.63) is 18.2 Å². The number of hydrogen-bond acceptors (Lipinski definition) is 5. The molecule has 0 saturated carbocycles. The molecule has 1 aliphatic rings. The second kappa shape index (κ2) is 6.47. The summed E-state index contributed by atoms with van der Waals surface area (Å²) in [5.41, 5.74) is 0.934. The molecule has 1 unspecified atom stereocenters. The van der Waals surface area contributed by atoms with Crippen LogP contribution in [0.5, 0.6) is 11.5 Å². The standard InChI is InChI=1S/C13H20N2O3/c1-16-11-3-4-13(17-2)12(7-11)15-8-10-9-18-6-5-14-10/h3-4,7,10,14-15H,5-6,8-9H2,1-2H3. The minimum absolute atomic E-state index is 0.328. The molecule has 2 N–H and O–H groups in total. The fraction of sp³-hybridized carbons (Fsp3) is 0.538. The van der Waals surface area contributed by atoms with Crippen LogP contribution in [0.1, 0.15) is 0 Å². The highest BCUT2D eigenvalue weighted by atomic mass is 16.5. The summed E-state index contributed by atoms with van der Waals surface area (Å²) in [4.78, 5) is 0. The maximum Gasteiger partial charge on any atom is 0.142 e. The van der Waals surface area contributed by atoms with E-state index in [4.69, 9.17) is 14.2 Å². The lowest BCUT2D eigenvalue weighted by molar-refractivity contribution is 0.0806. The molecule has 5 nitrogen and oxygen atoms in total. The SMILES string of the molecule is COc1ccc(OC)c(NCC2COCCN2)c1. The van der Waals surface area contributed by atoms with Gasteiger partial charge >= 0.3 is 0 Å². The van der Waals surface area contributed by atoms with Gasteiger partial charge < -0.3 is 24.8 Å². The number of rotatable bonds is 5. The Kier molecular flexibility index (Phi) is 4.66. The average Bonchev–Trinajstić information content (AvgIpc) is 2.45. The van der Waals surface area contributed by atoms with Gasteiger partial charge in [0.05, 0.1) is 33.1 Å². The van der Waals surface area contributed by atoms with Gasteiger partial charge in [0.15, 0.2) is 0 Å². The van der Waals surface area contributed by atoms with Crippen LogP contribution in [0.25, 0.3) is 0 Å². The summed E-state index contributed by atoms with van der Waals surface area (Å²) >= 11 is 0. The Bertz CT molecular complexity index is 378. The topological polar surface area (TPSA) is 51.8 Å². The number of methoxy groups -OCH3 is 2. The van der Waals surface area contributed by atoms with Crippen molar-refractivity contribution in [3.8, 4) is 11.5 Å². The number of nitrogens with one attached hydrogen (secondary N) is 2. The van der Waals surface area contributed by atoms with E-state index in [1.165, 1.54) is 0 Å². The summed E-state index contributed by atoms with van der Waals surface area (Å²) in [6, 6.07) is 6.04. The van der Waals surface area contributed by atoms with E-state index >= 15 is 0 Å². The quantitative estimate of drug-likeness (QED) is 0.822. The first-order valence-electron chi connectivity index (χ1n) is 6.10. The summed E-state index contributed by atoms with van der Waals surface area (Å²) in [7, 11) is 3.32. The highest BCUT2D eigenvalue weighted by molar-refractivity contribution is 5.59. The van der Waals surface area contributed by atoms with Crippen LogP contribution in [0, 0.1) is 0 Å². The Morgan fingerprint density at radius 3 is 2.94 bits per heavy atom. The number of hydrogen-bond donors (Lipinski definition) is 2. The predicted molar refractivity (Wildman–Crippen MR) is 70.6 cm³/mol. The van der Waals surface area contributed by atoms with Crippen molar-refractivity contribution in [2.45, 2.75) is 6.04 Å². The lowest BCUT2D eigenvalue weighted by Gasteiger charge is -2.24. The van der Waals surface area contributed by atoms with E-state index < -0.39 is 0 Å². The molecule has 0 aliphatic carbocycles. The Hall–Kier alpha value is -1.46. The lowest BCUT2D eigenvalue weighted by Crippen LogP contribution is -2.45. The molecule has 1 aliphatic heterocycles. The first-order valence-corrected chi connectivity index (χ1v) is 6.10. The van der Waals surface area contributed by atoms with Crippen LogP contribution in [0.15, 0.2) is 18.2 Å². The second-order valence-electron chi connectivity index (χ2n) is 4.17. The van der Waals surface area contributed by atoms with E-state index in [1.807, 2.05) is 18.2 Å². The van der Waals surface area contributed by atoms with Crippen molar-refractivity contribution in [1.82, 2.24) is 5.32 Å². The normalized spacial score (nSPS) is 19.3. The van der Waals surface area contributed by atoms with Gasteiger partial charge in [-0.15, -0.1) is 0 Å². The summed E-state index contributed by atoms with van der Waals surface area (Å²) < 4.78 is 15.9. The Balaban J connectivity index is 1.97. The number of anilines is 1. The second-order valence-corrected chi connectivity index (χ2v) is 4.17. The molecule has 1 saturated heterocycles. The molecular formula is C13H20N2O3. The lowest BCUT2D eigenvalue weighted by atomic mass is 10.2. The Morgan fingerprint density at radius 2 is 2.28 bits per heavy atom. The van der Waals surface area contributed by atoms with E-state index in [-0.39, 0.29) is 0 Å². The number of benzene rings is 1. The molecule has 0 spiro atoms. The van der Waals surface area contributed by atoms with E-state index in [0.29, 0.717) is 6.04 Å². The molecular weight excluding hydrogens is 232 g/mol. The number of ether oxygens (including phenoxy) is 3. The summed E-state index contributed by atoms with van der Waals surface area (Å²) in [5.74, 6) is 1.62. The van der Waals surface area contributed by atoms with Crippen LogP contribution < -0.4 is 20.1 Å². The highest BCUT2D eigenvalue weighted by Gasteiger charge is 2.13. The molecule has 5 heteroatoms. The molecule has 0 radical (unpaired) electrons. The molecule has 1 fully saturated rings. The first kappa shape index (κ1) is 13.0. The van der Waals surface area contributed by atoms with E-state index in [9.17, 15) is 0 Å². The molecule has 1 aromatic rings. The van der Waals surface area contributed by atoms with Gasteiger partial charge in [0, 0.05) is 25.2 Å². The molecule has 0 bridgehead atoms. The molecule has 0 aromatic heterocycles. The first-order chi connectivity index (χ1) is 8.83. The zero-order chi connectivity index (χ0) is 12.8. The number of morpholine rings is 1. The van der Waals surface area contributed by atoms with Crippen molar-refractivity contribution in [1.29, 1.82) is 0 Å². The molecule has 1 atom stereocenters. The Labute approximate surface area is 107 Å². The molecule has 100 valence electrons. The largest absolute Gasteiger partial charge is 0.497 e. The van der Waals surface area contributed by atoms with Crippen LogP contribution in [0.4, 0.5) is 5.69 Å². The van der Waals surface area contributed by atoms with Crippen molar-refractivity contribution >= 4 is 5.69 Å². The third-order valence-corrected chi connectivity index (χ3v) is 2.94. The van der Waals surface area contributed by atoms with Gasteiger partial charge in [-0.1, -0.05) is 0 Å². The fourth-order valence-corrected chi connectivity index (χ4v) is 1.94. The molecule has 1 aromatic carbocycles. The highest BCUT2D eigenvalue weighted by Crippen LogP contribution is 2.28. The van der Waals surface area contributed by atoms with Gasteiger partial charge in [-0.05, 0) is 12.1 Å². The maximum atomic E-state index is 5.41. The Morgan fingerprint density at radius 1 is 1.39 bits per heavy atom. The van der Waals surface area contributed by atoms with Gasteiger partial charge in [-0.25, -0.2) is 0 Å². The van der Waals surface area contributed by atoms with Crippen molar-refractivity contribution in [2.75, 3.05) is 45.8 Å². The van der Waals surface area contributed by atoms with Crippen molar-refractivity contribution in [2.24, 2.45) is 0 Å². The van der Waals surface area contributed by atoms with Crippen molar-refractivity contribution in [3.63, 3.8) is 0 Å². The maximum absolute atomic E-state index is 5.41. The summed E-state index contributed by atoms with van der Waals surface area (Å²) in [6.07, 6.45) is 0. The molecule has 18 heavy (non-hydrogen) atoms. The van der Waals surface area contributed by atoms with Gasteiger partial charge in [-0.2, -0.15) is 0 Å². The third kappa shape index (κ3) is 3.27. The fourth-order valence-electron chi connectivity index (χ4n) is 1.94. The van der Waals surface area contributed by atoms with E-state index in [1.54, 1.807) is 14.2 Å². The van der Waals surface area contributed by atoms with Gasteiger partial charge in [-0.3, -0.25) is 0 Å². The van der Waals surface area contributed by atoms with Gasteiger partial charge in [0.1, 0.15) is 11.5 Å². The van der Waals surface area contributed by atoms with Crippen LogP contribution in [-0.2, 0) is 4.74 Å². The monoisotopic (exact) mass is 252 g/mol. The smallest absolute Gasteiger partial charge is 0.142 e. The van der Waals surface area contributed by atoms with E-state index in [0.717, 1.165) is 43.5 Å². The van der Waals surface area contributed by atoms with E-state index in [2.05, 4.69) is 10.6 Å². The zero-order valence-corrected chi connectivity index (χ0v) is 10.9. The molecule has 1 heterocycles. The zero-order valence-electron chi connectivity index (χ0n) is 10.9. The van der Waals surface area contributed by atoms with Crippen molar-refractivity contribution < 1.29 is 14.2 Å². The third-order valence-electron chi connectivity index (χ3n) is 2.94. The van der Waals surface area contributed by atoms with Crippen LogP contribution >= 0.6 is 0 Å². The van der Waals surface area contributed by atoms with Crippen LogP contribution in [-0.4, -0.2) is 46.6 Å². The summed E-state index contributed by atoms with van der Waals surface area (Å²) in [5, 5.41) is 6.76. The van der Waals surface area contributed by atoms with Crippen LogP contribution in [0.2, 0.25) is 0 Å². The minimum atomic E-state index is 0.328. The molecule has 0 amide bonds. The van der Waals surface area contributed by atoms with Crippen LogP contribution in [0.3, 0.4) is 0 Å². The average molecular weight is 252 g/mol. The van der Waals surface area contributed by atoms with Gasteiger partial charge in [0.2, 0.25) is 0 Å². The molecule has 2 rings (SSSR count). The minimum Gasteiger partial charge on any atom is -0.497 e. The predicted octanol–water partition coefficient (Wildman–Crippen LogP) is 1.10. The summed E-state index contributed by atoms with van der Waals surface area (Å²) in [6.45, 7) is 3.23.